The maximum atomic E-state index is 6.12. The molecule has 0 atom stereocenters. The second-order valence-electron chi connectivity index (χ2n) is 5.05. The first kappa shape index (κ1) is 13.5. The monoisotopic (exact) mass is 276 g/mol. The Morgan fingerprint density at radius 2 is 1.93 bits per heavy atom. The van der Waals surface area contributed by atoms with Crippen molar-refractivity contribution in [3.05, 3.63) is 0 Å². The fourth-order valence-corrected chi connectivity index (χ4v) is 2.97. The van der Waals surface area contributed by atoms with Gasteiger partial charge in [-0.05, 0) is 38.0 Å². The predicted octanol–water partition coefficient (Wildman–Crippen LogP) is 4.54. The topological polar surface area (TPSA) is 9.23 Å². The molecule has 0 aromatic rings. The van der Waals surface area contributed by atoms with Crippen molar-refractivity contribution >= 4 is 15.9 Å². The van der Waals surface area contributed by atoms with E-state index in [9.17, 15) is 0 Å². The Morgan fingerprint density at radius 1 is 1.27 bits per heavy atom. The first-order valence-corrected chi connectivity index (χ1v) is 7.54. The van der Waals surface area contributed by atoms with Crippen molar-refractivity contribution in [1.29, 1.82) is 0 Å². The van der Waals surface area contributed by atoms with E-state index in [4.69, 9.17) is 4.74 Å². The first-order valence-electron chi connectivity index (χ1n) is 6.42. The highest BCUT2D eigenvalue weighted by Gasteiger charge is 2.33. The molecular weight excluding hydrogens is 252 g/mol. The molecule has 0 bridgehead atoms. The molecule has 0 unspecified atom stereocenters. The zero-order chi connectivity index (χ0) is 11.1. The molecule has 1 saturated carbocycles. The molecule has 1 aliphatic rings. The van der Waals surface area contributed by atoms with Gasteiger partial charge in [-0.2, -0.15) is 0 Å². The lowest BCUT2D eigenvalue weighted by molar-refractivity contribution is -0.0598. The van der Waals surface area contributed by atoms with Gasteiger partial charge in [-0.15, -0.1) is 0 Å². The van der Waals surface area contributed by atoms with Crippen LogP contribution < -0.4 is 0 Å². The summed E-state index contributed by atoms with van der Waals surface area (Å²) in [6.45, 7) is 5.55. The molecule has 90 valence electrons. The fourth-order valence-electron chi connectivity index (χ4n) is 2.25. The van der Waals surface area contributed by atoms with Crippen molar-refractivity contribution in [3.8, 4) is 0 Å². The summed E-state index contributed by atoms with van der Waals surface area (Å²) in [5, 5.41) is 1.01. The third kappa shape index (κ3) is 4.44. The summed E-state index contributed by atoms with van der Waals surface area (Å²) in [6.07, 6.45) is 8.95. The zero-order valence-electron chi connectivity index (χ0n) is 10.2. The average molecular weight is 277 g/mol. The van der Waals surface area contributed by atoms with Gasteiger partial charge in [0.25, 0.3) is 0 Å². The molecule has 0 aromatic carbocycles. The molecular formula is C13H25BrO. The maximum Gasteiger partial charge on any atom is 0.0779 e. The molecule has 0 spiro atoms. The van der Waals surface area contributed by atoms with Crippen molar-refractivity contribution in [2.24, 2.45) is 5.92 Å². The molecule has 0 heterocycles. The lowest BCUT2D eigenvalue weighted by Crippen LogP contribution is -2.38. The standard InChI is InChI=1S/C13H25BrO/c1-3-4-5-10-15-13(11-14)8-6-12(2)7-9-13/h12H,3-11H2,1-2H3. The second kappa shape index (κ2) is 6.90. The summed E-state index contributed by atoms with van der Waals surface area (Å²) in [7, 11) is 0. The lowest BCUT2D eigenvalue weighted by atomic mass is 9.80. The van der Waals surface area contributed by atoms with Crippen LogP contribution in [0.4, 0.5) is 0 Å². The molecule has 15 heavy (non-hydrogen) atoms. The van der Waals surface area contributed by atoms with Gasteiger partial charge in [0.15, 0.2) is 0 Å². The van der Waals surface area contributed by atoms with E-state index in [1.807, 2.05) is 0 Å². The van der Waals surface area contributed by atoms with Crippen LogP contribution >= 0.6 is 15.9 Å². The Morgan fingerprint density at radius 3 is 2.47 bits per heavy atom. The SMILES string of the molecule is CCCCCOC1(CBr)CCC(C)CC1. The van der Waals surface area contributed by atoms with E-state index in [1.165, 1.54) is 44.9 Å². The van der Waals surface area contributed by atoms with Crippen LogP contribution in [0.25, 0.3) is 0 Å². The van der Waals surface area contributed by atoms with Crippen LogP contribution in [-0.4, -0.2) is 17.5 Å². The average Bonchev–Trinajstić information content (AvgIpc) is 2.28. The Hall–Kier alpha value is 0.440. The molecule has 0 N–H and O–H groups in total. The Kier molecular flexibility index (Phi) is 6.21. The maximum absolute atomic E-state index is 6.12. The minimum Gasteiger partial charge on any atom is -0.374 e. The van der Waals surface area contributed by atoms with Gasteiger partial charge in [-0.1, -0.05) is 42.6 Å². The Balaban J connectivity index is 2.27. The van der Waals surface area contributed by atoms with Gasteiger partial charge in [0.2, 0.25) is 0 Å². The highest BCUT2D eigenvalue weighted by Crippen LogP contribution is 2.36. The van der Waals surface area contributed by atoms with Gasteiger partial charge in [-0.25, -0.2) is 0 Å². The summed E-state index contributed by atoms with van der Waals surface area (Å²) in [6, 6.07) is 0. The molecule has 1 aliphatic carbocycles. The summed E-state index contributed by atoms with van der Waals surface area (Å²) in [5.41, 5.74) is 0.167. The number of unbranched alkanes of at least 4 members (excludes halogenated alkanes) is 2. The molecule has 0 amide bonds. The molecule has 1 nitrogen and oxygen atoms in total. The van der Waals surface area contributed by atoms with Gasteiger partial charge in [0, 0.05) is 11.9 Å². The number of hydrogen-bond acceptors (Lipinski definition) is 1. The van der Waals surface area contributed by atoms with E-state index in [0.717, 1.165) is 17.9 Å². The van der Waals surface area contributed by atoms with Crippen LogP contribution in [0.1, 0.15) is 58.8 Å². The minimum absolute atomic E-state index is 0.167. The number of halogens is 1. The third-order valence-electron chi connectivity index (χ3n) is 3.59. The number of hydrogen-bond donors (Lipinski definition) is 0. The van der Waals surface area contributed by atoms with E-state index in [2.05, 4.69) is 29.8 Å². The number of ether oxygens (including phenoxy) is 1. The second-order valence-corrected chi connectivity index (χ2v) is 5.62. The van der Waals surface area contributed by atoms with Crippen LogP contribution in [0, 0.1) is 5.92 Å². The molecule has 0 radical (unpaired) electrons. The van der Waals surface area contributed by atoms with Crippen LogP contribution in [0.3, 0.4) is 0 Å². The van der Waals surface area contributed by atoms with Crippen molar-refractivity contribution in [1.82, 2.24) is 0 Å². The van der Waals surface area contributed by atoms with Crippen LogP contribution in [0.2, 0.25) is 0 Å². The first-order chi connectivity index (χ1) is 7.22. The van der Waals surface area contributed by atoms with E-state index in [0.29, 0.717) is 0 Å². The van der Waals surface area contributed by atoms with Gasteiger partial charge in [0.1, 0.15) is 0 Å². The summed E-state index contributed by atoms with van der Waals surface area (Å²) < 4.78 is 6.12. The predicted molar refractivity (Wildman–Crippen MR) is 69.6 cm³/mol. The smallest absolute Gasteiger partial charge is 0.0779 e. The van der Waals surface area contributed by atoms with Crippen LogP contribution in [0.15, 0.2) is 0 Å². The van der Waals surface area contributed by atoms with Crippen molar-refractivity contribution < 1.29 is 4.74 Å². The van der Waals surface area contributed by atoms with E-state index < -0.39 is 0 Å². The van der Waals surface area contributed by atoms with Gasteiger partial charge < -0.3 is 4.74 Å². The van der Waals surface area contributed by atoms with E-state index >= 15 is 0 Å². The quantitative estimate of drug-likeness (QED) is 0.511. The molecule has 0 aromatic heterocycles. The van der Waals surface area contributed by atoms with Crippen LogP contribution in [-0.2, 0) is 4.74 Å². The summed E-state index contributed by atoms with van der Waals surface area (Å²) >= 11 is 3.63. The largest absolute Gasteiger partial charge is 0.374 e. The normalized spacial score (nSPS) is 31.8. The molecule has 0 saturated heterocycles. The minimum atomic E-state index is 0.167. The van der Waals surface area contributed by atoms with Crippen LogP contribution in [0.5, 0.6) is 0 Å². The number of rotatable bonds is 6. The van der Waals surface area contributed by atoms with Gasteiger partial charge in [-0.3, -0.25) is 0 Å². The molecule has 1 fully saturated rings. The fraction of sp³-hybridized carbons (Fsp3) is 1.00. The third-order valence-corrected chi connectivity index (χ3v) is 4.61. The van der Waals surface area contributed by atoms with Crippen molar-refractivity contribution in [2.75, 3.05) is 11.9 Å². The molecule has 2 heteroatoms. The molecule has 0 aliphatic heterocycles. The van der Waals surface area contributed by atoms with E-state index in [-0.39, 0.29) is 5.60 Å². The van der Waals surface area contributed by atoms with Crippen molar-refractivity contribution in [3.63, 3.8) is 0 Å². The zero-order valence-corrected chi connectivity index (χ0v) is 11.8. The highest BCUT2D eigenvalue weighted by atomic mass is 79.9. The van der Waals surface area contributed by atoms with Crippen molar-refractivity contribution in [2.45, 2.75) is 64.4 Å². The number of alkyl halides is 1. The summed E-state index contributed by atoms with van der Waals surface area (Å²) in [4.78, 5) is 0. The van der Waals surface area contributed by atoms with Gasteiger partial charge >= 0.3 is 0 Å². The van der Waals surface area contributed by atoms with E-state index in [1.54, 1.807) is 0 Å². The Labute approximate surface area is 103 Å². The Bertz CT molecular complexity index is 162. The lowest BCUT2D eigenvalue weighted by Gasteiger charge is -2.38. The summed E-state index contributed by atoms with van der Waals surface area (Å²) in [5.74, 6) is 0.899. The molecule has 1 rings (SSSR count). The highest BCUT2D eigenvalue weighted by molar-refractivity contribution is 9.09. The van der Waals surface area contributed by atoms with Gasteiger partial charge in [0.05, 0.1) is 5.60 Å².